The Morgan fingerprint density at radius 1 is 1.20 bits per heavy atom. The van der Waals surface area contributed by atoms with Crippen LogP contribution in [0.1, 0.15) is 31.2 Å². The standard InChI is InChI=1S/C14H15NO5/c1-10(11-5-3-2-4-6-11)9-19-14(18)20-15-12(16)7-8-13(15)17/h2-6,10H,7-9H2,1H3. The summed E-state index contributed by atoms with van der Waals surface area (Å²) in [6.07, 6.45) is -0.921. The highest BCUT2D eigenvalue weighted by atomic mass is 16.8. The second kappa shape index (κ2) is 6.18. The van der Waals surface area contributed by atoms with E-state index in [1.165, 1.54) is 0 Å². The molecule has 1 aliphatic rings. The van der Waals surface area contributed by atoms with E-state index in [-0.39, 0.29) is 25.4 Å². The number of carbonyl (C=O) groups excluding carboxylic acids is 3. The third-order valence-electron chi connectivity index (χ3n) is 2.99. The zero-order valence-electron chi connectivity index (χ0n) is 11.1. The first-order valence-electron chi connectivity index (χ1n) is 6.33. The molecule has 0 spiro atoms. The van der Waals surface area contributed by atoms with Crippen molar-refractivity contribution in [1.29, 1.82) is 0 Å². The topological polar surface area (TPSA) is 72.9 Å². The first kappa shape index (κ1) is 14.0. The maximum Gasteiger partial charge on any atom is 0.533 e. The fourth-order valence-corrected chi connectivity index (χ4v) is 1.83. The Bertz CT molecular complexity index is 498. The molecule has 0 N–H and O–H groups in total. The fraction of sp³-hybridized carbons (Fsp3) is 0.357. The van der Waals surface area contributed by atoms with E-state index in [0.717, 1.165) is 5.56 Å². The van der Waals surface area contributed by atoms with Crippen LogP contribution in [-0.2, 0) is 19.2 Å². The van der Waals surface area contributed by atoms with Gasteiger partial charge in [0.05, 0.1) is 0 Å². The Kier molecular flexibility index (Phi) is 4.34. The molecule has 1 aromatic carbocycles. The summed E-state index contributed by atoms with van der Waals surface area (Å²) >= 11 is 0. The number of amides is 2. The molecule has 1 unspecified atom stereocenters. The number of hydroxylamine groups is 2. The summed E-state index contributed by atoms with van der Waals surface area (Å²) in [6.45, 7) is 2.01. The second-order valence-corrected chi connectivity index (χ2v) is 4.55. The molecule has 1 saturated heterocycles. The molecular weight excluding hydrogens is 262 g/mol. The predicted molar refractivity (Wildman–Crippen MR) is 68.4 cm³/mol. The van der Waals surface area contributed by atoms with Crippen LogP contribution in [0, 0.1) is 0 Å². The SMILES string of the molecule is CC(COC(=O)ON1C(=O)CCC1=O)c1ccccc1. The van der Waals surface area contributed by atoms with Crippen LogP contribution in [0.5, 0.6) is 0 Å². The summed E-state index contributed by atoms with van der Waals surface area (Å²) in [7, 11) is 0. The molecule has 1 aliphatic heterocycles. The Balaban J connectivity index is 1.81. The average Bonchev–Trinajstić information content (AvgIpc) is 2.77. The van der Waals surface area contributed by atoms with E-state index in [4.69, 9.17) is 4.74 Å². The molecule has 2 rings (SSSR count). The van der Waals surface area contributed by atoms with Crippen molar-refractivity contribution in [3.8, 4) is 0 Å². The van der Waals surface area contributed by atoms with E-state index in [1.807, 2.05) is 37.3 Å². The lowest BCUT2D eigenvalue weighted by Gasteiger charge is -2.15. The molecule has 0 saturated carbocycles. The van der Waals surface area contributed by atoms with Gasteiger partial charge in [-0.3, -0.25) is 14.4 Å². The Morgan fingerprint density at radius 3 is 2.40 bits per heavy atom. The fourth-order valence-electron chi connectivity index (χ4n) is 1.83. The van der Waals surface area contributed by atoms with Gasteiger partial charge >= 0.3 is 6.16 Å². The summed E-state index contributed by atoms with van der Waals surface area (Å²) in [5.74, 6) is -1.06. The maximum atomic E-state index is 11.4. The van der Waals surface area contributed by atoms with Crippen molar-refractivity contribution < 1.29 is 24.0 Å². The average molecular weight is 277 g/mol. The molecule has 1 aromatic rings. The molecule has 2 amide bonds. The number of imide groups is 1. The maximum absolute atomic E-state index is 11.4. The van der Waals surface area contributed by atoms with Crippen LogP contribution in [0.15, 0.2) is 30.3 Å². The summed E-state index contributed by atoms with van der Waals surface area (Å²) in [5.41, 5.74) is 1.02. The first-order chi connectivity index (χ1) is 9.58. The molecule has 0 aromatic heterocycles. The molecule has 6 nitrogen and oxygen atoms in total. The van der Waals surface area contributed by atoms with Crippen LogP contribution < -0.4 is 0 Å². The largest absolute Gasteiger partial charge is 0.533 e. The van der Waals surface area contributed by atoms with E-state index >= 15 is 0 Å². The van der Waals surface area contributed by atoms with Gasteiger partial charge in [-0.05, 0) is 5.56 Å². The van der Waals surface area contributed by atoms with Crippen molar-refractivity contribution in [2.24, 2.45) is 0 Å². The summed E-state index contributed by atoms with van der Waals surface area (Å²) in [5, 5.41) is 0.468. The van der Waals surface area contributed by atoms with E-state index in [2.05, 4.69) is 4.84 Å². The van der Waals surface area contributed by atoms with E-state index in [9.17, 15) is 14.4 Å². The van der Waals surface area contributed by atoms with Crippen LogP contribution in [0.3, 0.4) is 0 Å². The van der Waals surface area contributed by atoms with Gasteiger partial charge in [0.1, 0.15) is 6.61 Å². The highest BCUT2D eigenvalue weighted by Crippen LogP contribution is 2.16. The summed E-state index contributed by atoms with van der Waals surface area (Å²) in [4.78, 5) is 38.5. The van der Waals surface area contributed by atoms with Crippen molar-refractivity contribution in [3.63, 3.8) is 0 Å². The van der Waals surface area contributed by atoms with Gasteiger partial charge in [-0.2, -0.15) is 0 Å². The molecule has 1 fully saturated rings. The minimum absolute atomic E-state index is 0.00580. The van der Waals surface area contributed by atoms with Gasteiger partial charge in [0.2, 0.25) is 0 Å². The van der Waals surface area contributed by atoms with Crippen LogP contribution in [0.2, 0.25) is 0 Å². The van der Waals surface area contributed by atoms with Crippen LogP contribution in [0.4, 0.5) is 4.79 Å². The third kappa shape index (κ3) is 3.34. The van der Waals surface area contributed by atoms with E-state index < -0.39 is 18.0 Å². The number of hydrogen-bond donors (Lipinski definition) is 0. The number of benzene rings is 1. The molecular formula is C14H15NO5. The van der Waals surface area contributed by atoms with Gasteiger partial charge in [0.25, 0.3) is 11.8 Å². The lowest BCUT2D eigenvalue weighted by atomic mass is 10.0. The van der Waals surface area contributed by atoms with Crippen LogP contribution in [-0.4, -0.2) is 29.6 Å². The van der Waals surface area contributed by atoms with Crippen molar-refractivity contribution in [2.45, 2.75) is 25.7 Å². The van der Waals surface area contributed by atoms with Gasteiger partial charge in [0, 0.05) is 18.8 Å². The molecule has 6 heteroatoms. The third-order valence-corrected chi connectivity index (χ3v) is 2.99. The second-order valence-electron chi connectivity index (χ2n) is 4.55. The quantitative estimate of drug-likeness (QED) is 0.621. The monoisotopic (exact) mass is 277 g/mol. The number of rotatable bonds is 4. The van der Waals surface area contributed by atoms with Gasteiger partial charge in [-0.25, -0.2) is 4.79 Å². The van der Waals surface area contributed by atoms with Crippen molar-refractivity contribution >= 4 is 18.0 Å². The highest BCUT2D eigenvalue weighted by molar-refractivity contribution is 6.01. The Morgan fingerprint density at radius 2 is 1.80 bits per heavy atom. The number of carbonyl (C=O) groups is 3. The van der Waals surface area contributed by atoms with Crippen molar-refractivity contribution in [3.05, 3.63) is 35.9 Å². The van der Waals surface area contributed by atoms with Gasteiger partial charge in [-0.1, -0.05) is 42.3 Å². The first-order valence-corrected chi connectivity index (χ1v) is 6.33. The number of nitrogens with zero attached hydrogens (tertiary/aromatic N) is 1. The number of hydrogen-bond acceptors (Lipinski definition) is 5. The minimum Gasteiger partial charge on any atom is -0.432 e. The minimum atomic E-state index is -1.05. The smallest absolute Gasteiger partial charge is 0.432 e. The van der Waals surface area contributed by atoms with E-state index in [0.29, 0.717) is 5.06 Å². The van der Waals surface area contributed by atoms with Gasteiger partial charge < -0.3 is 4.74 Å². The normalized spacial score (nSPS) is 16.1. The predicted octanol–water partition coefficient (Wildman–Crippen LogP) is 2.01. The van der Waals surface area contributed by atoms with Crippen molar-refractivity contribution in [1.82, 2.24) is 5.06 Å². The highest BCUT2D eigenvalue weighted by Gasteiger charge is 2.33. The zero-order chi connectivity index (χ0) is 14.5. The van der Waals surface area contributed by atoms with Gasteiger partial charge in [0.15, 0.2) is 0 Å². The Labute approximate surface area is 116 Å². The molecule has 0 radical (unpaired) electrons. The molecule has 1 atom stereocenters. The van der Waals surface area contributed by atoms with Crippen molar-refractivity contribution in [2.75, 3.05) is 6.61 Å². The zero-order valence-corrected chi connectivity index (χ0v) is 11.1. The molecule has 106 valence electrons. The molecule has 1 heterocycles. The van der Waals surface area contributed by atoms with E-state index in [1.54, 1.807) is 0 Å². The van der Waals surface area contributed by atoms with Crippen LogP contribution in [0.25, 0.3) is 0 Å². The molecule has 20 heavy (non-hydrogen) atoms. The van der Waals surface area contributed by atoms with Gasteiger partial charge in [-0.15, -0.1) is 0 Å². The van der Waals surface area contributed by atoms with Crippen LogP contribution >= 0.6 is 0 Å². The number of ether oxygens (including phenoxy) is 1. The molecule has 0 bridgehead atoms. The summed E-state index contributed by atoms with van der Waals surface area (Å²) < 4.78 is 4.91. The lowest BCUT2D eigenvalue weighted by Crippen LogP contribution is -2.32. The summed E-state index contributed by atoms with van der Waals surface area (Å²) in [6, 6.07) is 9.53. The molecule has 0 aliphatic carbocycles. The lowest BCUT2D eigenvalue weighted by molar-refractivity contribution is -0.177. The Hall–Kier alpha value is -2.37.